The van der Waals surface area contributed by atoms with Gasteiger partial charge in [-0.1, -0.05) is 5.16 Å². The lowest BCUT2D eigenvalue weighted by Crippen LogP contribution is -2.17. The van der Waals surface area contributed by atoms with Crippen molar-refractivity contribution in [2.75, 3.05) is 18.5 Å². The summed E-state index contributed by atoms with van der Waals surface area (Å²) in [5, 5.41) is 16.6. The Morgan fingerprint density at radius 3 is 2.78 bits per heavy atom. The summed E-state index contributed by atoms with van der Waals surface area (Å²) in [7, 11) is 1.87. The molecule has 0 N–H and O–H groups in total. The van der Waals surface area contributed by atoms with Crippen LogP contribution in [0, 0.1) is 18.3 Å². The molecule has 7 heteroatoms. The Bertz CT molecular complexity index is 581. The van der Waals surface area contributed by atoms with Gasteiger partial charge in [-0.25, -0.2) is 0 Å². The number of rotatable bonds is 4. The average Bonchev–Trinajstić information content (AvgIpc) is 2.96. The number of nitriles is 1. The van der Waals surface area contributed by atoms with E-state index in [2.05, 4.69) is 15.3 Å². The van der Waals surface area contributed by atoms with Crippen LogP contribution in [0.25, 0.3) is 0 Å². The fourth-order valence-electron chi connectivity index (χ4n) is 1.44. The summed E-state index contributed by atoms with van der Waals surface area (Å²) >= 11 is 0. The van der Waals surface area contributed by atoms with Crippen molar-refractivity contribution in [1.29, 1.82) is 5.26 Å². The van der Waals surface area contributed by atoms with Gasteiger partial charge in [0.15, 0.2) is 5.76 Å². The second-order valence-electron chi connectivity index (χ2n) is 3.85. The summed E-state index contributed by atoms with van der Waals surface area (Å²) in [5.41, 5.74) is 0.947. The van der Waals surface area contributed by atoms with Crippen molar-refractivity contribution in [3.63, 3.8) is 0 Å². The van der Waals surface area contributed by atoms with Crippen molar-refractivity contribution in [2.45, 2.75) is 20.3 Å². The van der Waals surface area contributed by atoms with Crippen LogP contribution >= 0.6 is 0 Å². The van der Waals surface area contributed by atoms with Gasteiger partial charge in [-0.15, -0.1) is 0 Å². The Labute approximate surface area is 104 Å². The van der Waals surface area contributed by atoms with Crippen LogP contribution in [0.1, 0.15) is 29.8 Å². The maximum Gasteiger partial charge on any atom is 0.265 e. The van der Waals surface area contributed by atoms with Crippen molar-refractivity contribution < 1.29 is 9.05 Å². The first kappa shape index (κ1) is 12.1. The average molecular weight is 247 g/mol. The fraction of sp³-hybridized carbons (Fsp3) is 0.455. The summed E-state index contributed by atoms with van der Waals surface area (Å²) in [6.07, 6.45) is 0.296. The van der Waals surface area contributed by atoms with Gasteiger partial charge in [-0.2, -0.15) is 10.2 Å². The Kier molecular flexibility index (Phi) is 3.28. The first-order chi connectivity index (χ1) is 8.65. The Morgan fingerprint density at radius 2 is 2.11 bits per heavy atom. The zero-order valence-electron chi connectivity index (χ0n) is 10.5. The molecular weight excluding hydrogens is 234 g/mol. The number of hydrogen-bond donors (Lipinski definition) is 0. The summed E-state index contributed by atoms with van der Waals surface area (Å²) in [5.74, 6) is 1.43. The van der Waals surface area contributed by atoms with Crippen molar-refractivity contribution in [2.24, 2.45) is 0 Å². The summed E-state index contributed by atoms with van der Waals surface area (Å²) in [4.78, 5) is 6.07. The topological polar surface area (TPSA) is 92.0 Å². The van der Waals surface area contributed by atoms with E-state index in [4.69, 9.17) is 14.3 Å². The van der Waals surface area contributed by atoms with Crippen LogP contribution in [0.2, 0.25) is 0 Å². The molecule has 0 radical (unpaired) electrons. The zero-order chi connectivity index (χ0) is 13.1. The molecule has 0 atom stereocenters. The lowest BCUT2D eigenvalue weighted by molar-refractivity contribution is 0.371. The molecule has 0 aliphatic carbocycles. The van der Waals surface area contributed by atoms with Gasteiger partial charge < -0.3 is 13.9 Å². The van der Waals surface area contributed by atoms with E-state index in [9.17, 15) is 0 Å². The third-order valence-electron chi connectivity index (χ3n) is 2.64. The maximum absolute atomic E-state index is 8.97. The van der Waals surface area contributed by atoms with E-state index in [-0.39, 0.29) is 0 Å². The zero-order valence-corrected chi connectivity index (χ0v) is 10.5. The van der Waals surface area contributed by atoms with Crippen molar-refractivity contribution in [3.8, 4) is 6.07 Å². The van der Waals surface area contributed by atoms with Gasteiger partial charge in [0.2, 0.25) is 5.89 Å². The van der Waals surface area contributed by atoms with Crippen LogP contribution in [0.15, 0.2) is 9.05 Å². The summed E-state index contributed by atoms with van der Waals surface area (Å²) in [6.45, 7) is 4.47. The number of aromatic nitrogens is 3. The second-order valence-corrected chi connectivity index (χ2v) is 3.85. The highest BCUT2D eigenvalue weighted by molar-refractivity contribution is 5.36. The molecule has 18 heavy (non-hydrogen) atoms. The molecule has 2 aromatic heterocycles. The van der Waals surface area contributed by atoms with E-state index in [1.807, 2.05) is 24.9 Å². The first-order valence-electron chi connectivity index (χ1n) is 5.54. The van der Waals surface area contributed by atoms with Crippen LogP contribution < -0.4 is 4.90 Å². The predicted molar refractivity (Wildman–Crippen MR) is 62.0 cm³/mol. The van der Waals surface area contributed by atoms with Crippen LogP contribution in [-0.2, 0) is 6.42 Å². The minimum atomic E-state index is 0.296. The standard InChI is InChI=1S/C11H13N5O2/c1-4-16(3)11-13-10(18-15-11)5-9-8(6-12)7(2)17-14-9/h4-5H2,1-3H3. The molecule has 0 aliphatic heterocycles. The van der Waals surface area contributed by atoms with Gasteiger partial charge in [0.05, 0.1) is 6.42 Å². The quantitative estimate of drug-likeness (QED) is 0.803. The lowest BCUT2D eigenvalue weighted by atomic mass is 10.2. The molecule has 0 fully saturated rings. The molecule has 2 rings (SSSR count). The monoisotopic (exact) mass is 247 g/mol. The third kappa shape index (κ3) is 2.18. The van der Waals surface area contributed by atoms with E-state index in [1.165, 1.54) is 0 Å². The Balaban J connectivity index is 2.19. The number of nitrogens with zero attached hydrogens (tertiary/aromatic N) is 5. The first-order valence-corrected chi connectivity index (χ1v) is 5.54. The van der Waals surface area contributed by atoms with Gasteiger partial charge in [0.25, 0.3) is 5.95 Å². The Hall–Kier alpha value is -2.36. The number of hydrogen-bond acceptors (Lipinski definition) is 7. The SMILES string of the molecule is CCN(C)c1noc(Cc2noc(C)c2C#N)n1. The van der Waals surface area contributed by atoms with Crippen LogP contribution in [0.4, 0.5) is 5.95 Å². The lowest BCUT2D eigenvalue weighted by Gasteiger charge is -2.08. The molecule has 0 saturated heterocycles. The minimum absolute atomic E-state index is 0.296. The molecule has 0 bridgehead atoms. The fourth-order valence-corrected chi connectivity index (χ4v) is 1.44. The van der Waals surface area contributed by atoms with Crippen molar-refractivity contribution in [3.05, 3.63) is 22.9 Å². The molecule has 0 spiro atoms. The van der Waals surface area contributed by atoms with E-state index < -0.39 is 0 Å². The van der Waals surface area contributed by atoms with E-state index in [1.54, 1.807) is 6.92 Å². The van der Waals surface area contributed by atoms with Crippen LogP contribution in [0.3, 0.4) is 0 Å². The highest BCUT2D eigenvalue weighted by atomic mass is 16.5. The molecule has 7 nitrogen and oxygen atoms in total. The van der Waals surface area contributed by atoms with E-state index in [0.717, 1.165) is 6.54 Å². The third-order valence-corrected chi connectivity index (χ3v) is 2.64. The molecule has 0 saturated carbocycles. The Morgan fingerprint density at radius 1 is 1.33 bits per heavy atom. The predicted octanol–water partition coefficient (Wildman–Crippen LogP) is 1.28. The molecule has 0 amide bonds. The van der Waals surface area contributed by atoms with Crippen molar-refractivity contribution in [1.82, 2.24) is 15.3 Å². The van der Waals surface area contributed by atoms with E-state index in [0.29, 0.717) is 35.3 Å². The molecule has 94 valence electrons. The molecule has 0 aromatic carbocycles. The molecule has 0 unspecified atom stereocenters. The van der Waals surface area contributed by atoms with E-state index >= 15 is 0 Å². The highest BCUT2D eigenvalue weighted by Crippen LogP contribution is 2.16. The van der Waals surface area contributed by atoms with Gasteiger partial charge in [-0.05, 0) is 19.0 Å². The van der Waals surface area contributed by atoms with Crippen LogP contribution in [-0.4, -0.2) is 28.9 Å². The van der Waals surface area contributed by atoms with Crippen LogP contribution in [0.5, 0.6) is 0 Å². The summed E-state index contributed by atoms with van der Waals surface area (Å²) in [6, 6.07) is 2.05. The highest BCUT2D eigenvalue weighted by Gasteiger charge is 2.17. The number of aryl methyl sites for hydroxylation is 1. The van der Waals surface area contributed by atoms with Gasteiger partial charge in [0.1, 0.15) is 17.3 Å². The van der Waals surface area contributed by atoms with Gasteiger partial charge in [-0.3, -0.25) is 0 Å². The second kappa shape index (κ2) is 4.87. The smallest absolute Gasteiger partial charge is 0.265 e. The molecule has 0 aliphatic rings. The maximum atomic E-state index is 8.97. The molecule has 2 heterocycles. The van der Waals surface area contributed by atoms with Crippen molar-refractivity contribution >= 4 is 5.95 Å². The molecular formula is C11H13N5O2. The van der Waals surface area contributed by atoms with Gasteiger partial charge >= 0.3 is 0 Å². The largest absolute Gasteiger partial charge is 0.360 e. The minimum Gasteiger partial charge on any atom is -0.360 e. The normalized spacial score (nSPS) is 10.3. The molecule has 2 aromatic rings. The van der Waals surface area contributed by atoms with Gasteiger partial charge in [0, 0.05) is 13.6 Å². The number of anilines is 1. The summed E-state index contributed by atoms with van der Waals surface area (Å²) < 4.78 is 10.1.